The topological polar surface area (TPSA) is 74.8 Å². The molecule has 11 heteroatoms. The summed E-state index contributed by atoms with van der Waals surface area (Å²) >= 11 is 9.62. The Morgan fingerprint density at radius 2 is 0.679 bits per heavy atom. The second-order valence-corrected chi connectivity index (χ2v) is 19.7. The van der Waals surface area contributed by atoms with E-state index in [0.717, 1.165) is 33.3 Å². The highest BCUT2D eigenvalue weighted by Crippen LogP contribution is 2.42. The molecule has 4 amide bonds. The summed E-state index contributed by atoms with van der Waals surface area (Å²) in [5, 5.41) is 3.58. The number of halogens is 3. The second-order valence-electron chi connectivity index (χ2n) is 15.3. The number of imide groups is 2. The molecule has 0 radical (unpaired) electrons. The van der Waals surface area contributed by atoms with E-state index in [2.05, 4.69) is 45.7 Å². The van der Waals surface area contributed by atoms with Crippen LogP contribution in [0.1, 0.15) is 242 Å². The van der Waals surface area contributed by atoms with Crippen LogP contribution in [-0.4, -0.2) is 46.5 Å². The SMILES string of the molecule is C.CCCCCCCCCCCCCCCCN1C(=O)c2c(Br)sc(Br)c2C1=O.CCCCCCCCCCCCCCCCN1C(=O)c2cscc2C1=O.F. The summed E-state index contributed by atoms with van der Waals surface area (Å²) in [6, 6.07) is 0. The van der Waals surface area contributed by atoms with Crippen LogP contribution in [0.15, 0.2) is 18.3 Å². The van der Waals surface area contributed by atoms with Crippen LogP contribution in [0.2, 0.25) is 0 Å². The molecule has 0 unspecified atom stereocenters. The third kappa shape index (κ3) is 17.8. The summed E-state index contributed by atoms with van der Waals surface area (Å²) in [5.74, 6) is -0.492. The van der Waals surface area contributed by atoms with Gasteiger partial charge in [0.25, 0.3) is 23.6 Å². The molecule has 0 aromatic carbocycles. The molecule has 4 rings (SSSR count). The fourth-order valence-corrected chi connectivity index (χ4v) is 11.4. The Morgan fingerprint density at radius 3 is 0.964 bits per heavy atom. The molecule has 0 spiro atoms. The molecule has 0 aliphatic carbocycles. The minimum Gasteiger partial charge on any atom is -0.274 e. The lowest BCUT2D eigenvalue weighted by atomic mass is 10.0. The number of rotatable bonds is 30. The van der Waals surface area contributed by atoms with E-state index in [1.165, 1.54) is 187 Å². The van der Waals surface area contributed by atoms with Gasteiger partial charge in [0.2, 0.25) is 0 Å². The molecule has 0 saturated carbocycles. The van der Waals surface area contributed by atoms with E-state index in [1.54, 1.807) is 10.8 Å². The predicted octanol–water partition coefficient (Wildman–Crippen LogP) is 16.0. The number of carbonyl (C=O) groups excluding carboxylic acids is 4. The Balaban J connectivity index is 0.000000542. The van der Waals surface area contributed by atoms with Crippen molar-refractivity contribution in [2.24, 2.45) is 0 Å². The van der Waals surface area contributed by atoms with E-state index in [0.29, 0.717) is 35.3 Å². The third-order valence-corrected chi connectivity index (χ3v) is 14.1. The summed E-state index contributed by atoms with van der Waals surface area (Å²) in [6.45, 7) is 5.65. The first-order valence-electron chi connectivity index (χ1n) is 21.6. The Hall–Kier alpha value is -1.43. The van der Waals surface area contributed by atoms with Crippen molar-refractivity contribution in [2.45, 2.75) is 201 Å². The maximum Gasteiger partial charge on any atom is 0.263 e. The van der Waals surface area contributed by atoms with E-state index in [4.69, 9.17) is 0 Å². The molecule has 0 N–H and O–H groups in total. The minimum atomic E-state index is -0.150. The summed E-state index contributed by atoms with van der Waals surface area (Å²) in [4.78, 5) is 52.1. The van der Waals surface area contributed by atoms with Gasteiger partial charge in [-0.05, 0) is 44.7 Å². The van der Waals surface area contributed by atoms with Crippen molar-refractivity contribution < 1.29 is 23.9 Å². The van der Waals surface area contributed by atoms with Gasteiger partial charge in [-0.15, -0.1) is 11.3 Å². The van der Waals surface area contributed by atoms with Crippen molar-refractivity contribution in [1.29, 1.82) is 0 Å². The van der Waals surface area contributed by atoms with Crippen molar-refractivity contribution in [3.8, 4) is 0 Å². The van der Waals surface area contributed by atoms with Crippen LogP contribution in [0.4, 0.5) is 4.70 Å². The van der Waals surface area contributed by atoms with Crippen LogP contribution in [0, 0.1) is 0 Å². The third-order valence-electron chi connectivity index (χ3n) is 10.8. The summed E-state index contributed by atoms with van der Waals surface area (Å²) < 4.78 is 1.49. The van der Waals surface area contributed by atoms with Crippen LogP contribution >= 0.6 is 54.5 Å². The van der Waals surface area contributed by atoms with Gasteiger partial charge in [0, 0.05) is 23.8 Å². The molecule has 0 atom stereocenters. The number of hydrogen-bond donors (Lipinski definition) is 0. The summed E-state index contributed by atoms with van der Waals surface area (Å²) in [5.41, 5.74) is 2.27. The molecule has 320 valence electrons. The average molecular weight is 949 g/mol. The molecule has 2 aromatic heterocycles. The van der Waals surface area contributed by atoms with E-state index in [1.807, 2.05) is 0 Å². The lowest BCUT2D eigenvalue weighted by Crippen LogP contribution is -2.31. The quantitative estimate of drug-likeness (QED) is 0.0578. The Labute approximate surface area is 364 Å². The molecular formula is C45H73Br2FN2O4S2. The van der Waals surface area contributed by atoms with Crippen molar-refractivity contribution in [3.63, 3.8) is 0 Å². The molecule has 0 fully saturated rings. The summed E-state index contributed by atoms with van der Waals surface area (Å²) in [6.07, 6.45) is 36.6. The van der Waals surface area contributed by atoms with Gasteiger partial charge < -0.3 is 0 Å². The highest BCUT2D eigenvalue weighted by atomic mass is 79.9. The average Bonchev–Trinajstić information content (AvgIpc) is 3.89. The van der Waals surface area contributed by atoms with Crippen LogP contribution in [0.3, 0.4) is 0 Å². The number of nitrogens with zero attached hydrogens (tertiary/aromatic N) is 2. The molecule has 2 aromatic rings. The van der Waals surface area contributed by atoms with Gasteiger partial charge in [0.05, 0.1) is 29.8 Å². The lowest BCUT2D eigenvalue weighted by Gasteiger charge is -2.14. The van der Waals surface area contributed by atoms with Gasteiger partial charge in [-0.1, -0.05) is 188 Å². The van der Waals surface area contributed by atoms with E-state index < -0.39 is 0 Å². The van der Waals surface area contributed by atoms with Gasteiger partial charge in [-0.3, -0.25) is 33.7 Å². The van der Waals surface area contributed by atoms with E-state index in [-0.39, 0.29) is 35.8 Å². The van der Waals surface area contributed by atoms with Crippen molar-refractivity contribution >= 4 is 78.2 Å². The van der Waals surface area contributed by atoms with E-state index in [9.17, 15) is 19.2 Å². The molecule has 0 saturated heterocycles. The van der Waals surface area contributed by atoms with E-state index >= 15 is 0 Å². The predicted molar refractivity (Wildman–Crippen MR) is 245 cm³/mol. The molecule has 4 heterocycles. The molecule has 2 aliphatic rings. The summed E-state index contributed by atoms with van der Waals surface area (Å²) in [7, 11) is 0. The van der Waals surface area contributed by atoms with Crippen molar-refractivity contribution in [1.82, 2.24) is 9.80 Å². The number of unbranched alkanes of at least 4 members (excludes halogenated alkanes) is 26. The van der Waals surface area contributed by atoms with Crippen molar-refractivity contribution in [3.05, 3.63) is 40.6 Å². The number of thiophene rings is 2. The molecule has 6 nitrogen and oxygen atoms in total. The van der Waals surface area contributed by atoms with Crippen LogP contribution in [0.5, 0.6) is 0 Å². The second kappa shape index (κ2) is 31.5. The molecule has 56 heavy (non-hydrogen) atoms. The minimum absolute atomic E-state index is 0. The van der Waals surface area contributed by atoms with Crippen LogP contribution in [0.25, 0.3) is 0 Å². The molecule has 2 aliphatic heterocycles. The first kappa shape index (κ1) is 52.6. The maximum absolute atomic E-state index is 12.5. The Bertz CT molecular complexity index is 1350. The molecular weight excluding hydrogens is 875 g/mol. The number of carbonyl (C=O) groups is 4. The van der Waals surface area contributed by atoms with Crippen LogP contribution in [-0.2, 0) is 0 Å². The maximum atomic E-state index is 12.5. The molecule has 0 bridgehead atoms. The standard InChI is InChI=1S/C22H33Br2NO2S.C22H35NO2S.CH4.FH/c1-2-3-4-5-6-7-8-9-10-11-12-13-14-15-16-25-21(26)17-18(22(25)27)20(24)28-19(17)23;1-2-3-4-5-6-7-8-9-10-11-12-13-14-15-16-23-21(24)19-17-26-18-20(19)22(23)25;;/h2-16H2,1H3;17-18H,2-16H2,1H3;1H4;1H. The van der Waals surface area contributed by atoms with Crippen molar-refractivity contribution in [2.75, 3.05) is 13.1 Å². The zero-order valence-corrected chi connectivity index (χ0v) is 38.7. The smallest absolute Gasteiger partial charge is 0.263 e. The first-order chi connectivity index (χ1) is 26.3. The normalized spacial score (nSPS) is 13.1. The monoisotopic (exact) mass is 946 g/mol. The lowest BCUT2D eigenvalue weighted by molar-refractivity contribution is 0.0635. The fraction of sp³-hybridized carbons (Fsp3) is 0.733. The Kier molecular flexibility index (Phi) is 29.6. The fourth-order valence-electron chi connectivity index (χ4n) is 7.47. The van der Waals surface area contributed by atoms with Gasteiger partial charge in [-0.25, -0.2) is 0 Å². The largest absolute Gasteiger partial charge is 0.274 e. The first-order valence-corrected chi connectivity index (χ1v) is 24.9. The highest BCUT2D eigenvalue weighted by molar-refractivity contribution is 9.12. The highest BCUT2D eigenvalue weighted by Gasteiger charge is 2.40. The Morgan fingerprint density at radius 1 is 0.429 bits per heavy atom. The zero-order valence-electron chi connectivity index (χ0n) is 33.9. The van der Waals surface area contributed by atoms with Gasteiger partial charge in [0.1, 0.15) is 0 Å². The van der Waals surface area contributed by atoms with Gasteiger partial charge >= 0.3 is 0 Å². The van der Waals surface area contributed by atoms with Gasteiger partial charge in [-0.2, -0.15) is 11.3 Å². The number of fused-ring (bicyclic) bond motifs is 2. The number of hydrogen-bond acceptors (Lipinski definition) is 6. The van der Waals surface area contributed by atoms with Gasteiger partial charge in [0.15, 0.2) is 0 Å². The van der Waals surface area contributed by atoms with Crippen LogP contribution < -0.4 is 0 Å². The number of amides is 4. The zero-order chi connectivity index (χ0) is 39.0.